The fraction of sp³-hybridized carbons (Fsp3) is 0.364. The van der Waals surface area contributed by atoms with Gasteiger partial charge in [-0.05, 0) is 23.3 Å². The average Bonchev–Trinajstić information content (AvgIpc) is 3.04. The summed E-state index contributed by atoms with van der Waals surface area (Å²) in [5, 5.41) is 2.94. The van der Waals surface area contributed by atoms with Crippen LogP contribution in [0.1, 0.15) is 17.5 Å². The molecule has 5 nitrogen and oxygen atoms in total. The number of nitrogens with one attached hydrogen (secondary N) is 1. The second-order valence-electron chi connectivity index (χ2n) is 7.63. The van der Waals surface area contributed by atoms with Crippen LogP contribution in [-0.2, 0) is 22.7 Å². The van der Waals surface area contributed by atoms with Gasteiger partial charge in [0.2, 0.25) is 11.8 Å². The normalized spacial score (nSPS) is 20.2. The molecule has 0 aromatic heterocycles. The van der Waals surface area contributed by atoms with Crippen LogP contribution in [0.4, 0.5) is 4.39 Å². The van der Waals surface area contributed by atoms with E-state index in [4.69, 9.17) is 0 Å². The Balaban J connectivity index is 1.24. The molecule has 2 heterocycles. The van der Waals surface area contributed by atoms with E-state index in [-0.39, 0.29) is 36.0 Å². The van der Waals surface area contributed by atoms with Gasteiger partial charge in [0, 0.05) is 39.1 Å². The lowest BCUT2D eigenvalue weighted by molar-refractivity contribution is -0.133. The van der Waals surface area contributed by atoms with Crippen LogP contribution in [0.5, 0.6) is 0 Å². The van der Waals surface area contributed by atoms with E-state index in [0.717, 1.165) is 24.2 Å². The molecule has 0 aliphatic carbocycles. The fourth-order valence-electron chi connectivity index (χ4n) is 3.95. The summed E-state index contributed by atoms with van der Waals surface area (Å²) in [6, 6.07) is 16.5. The van der Waals surface area contributed by atoms with Gasteiger partial charge in [-0.15, -0.1) is 0 Å². The van der Waals surface area contributed by atoms with Gasteiger partial charge in [-0.1, -0.05) is 42.5 Å². The second-order valence-corrected chi connectivity index (χ2v) is 7.63. The van der Waals surface area contributed by atoms with Crippen LogP contribution in [0.25, 0.3) is 0 Å². The Morgan fingerprint density at radius 1 is 1.04 bits per heavy atom. The third-order valence-corrected chi connectivity index (χ3v) is 5.51. The number of carbonyl (C=O) groups is 2. The van der Waals surface area contributed by atoms with Crippen LogP contribution in [0.2, 0.25) is 0 Å². The monoisotopic (exact) mass is 381 g/mol. The fourth-order valence-corrected chi connectivity index (χ4v) is 3.95. The van der Waals surface area contributed by atoms with Gasteiger partial charge in [-0.2, -0.15) is 0 Å². The quantitative estimate of drug-likeness (QED) is 0.835. The lowest BCUT2D eigenvalue weighted by Crippen LogP contribution is -2.59. The number of carbonyl (C=O) groups excluding carboxylic acids is 2. The summed E-state index contributed by atoms with van der Waals surface area (Å²) in [5.74, 6) is -0.520. The molecular weight excluding hydrogens is 357 g/mol. The minimum Gasteiger partial charge on any atom is -0.352 e. The SMILES string of the molecule is O=C(NCc1ccccc1)C1CC(=O)N(C2CN(Cc3cccc(F)c3)C2)C1. The van der Waals surface area contributed by atoms with Crippen molar-refractivity contribution < 1.29 is 14.0 Å². The maximum Gasteiger partial charge on any atom is 0.225 e. The average molecular weight is 381 g/mol. The van der Waals surface area contributed by atoms with E-state index in [1.165, 1.54) is 6.07 Å². The predicted molar refractivity (Wildman–Crippen MR) is 104 cm³/mol. The molecule has 28 heavy (non-hydrogen) atoms. The molecule has 0 bridgehead atoms. The highest BCUT2D eigenvalue weighted by atomic mass is 19.1. The molecule has 2 amide bonds. The summed E-state index contributed by atoms with van der Waals surface area (Å²) in [7, 11) is 0. The largest absolute Gasteiger partial charge is 0.352 e. The molecule has 2 aliphatic heterocycles. The molecule has 146 valence electrons. The van der Waals surface area contributed by atoms with E-state index in [1.807, 2.05) is 41.3 Å². The molecule has 2 aromatic carbocycles. The number of halogens is 1. The first kappa shape index (κ1) is 18.6. The molecule has 1 unspecified atom stereocenters. The Bertz CT molecular complexity index is 852. The number of hydrogen-bond acceptors (Lipinski definition) is 3. The van der Waals surface area contributed by atoms with E-state index in [1.54, 1.807) is 12.1 Å². The third kappa shape index (κ3) is 4.22. The lowest BCUT2D eigenvalue weighted by atomic mass is 10.1. The highest BCUT2D eigenvalue weighted by Gasteiger charge is 2.42. The summed E-state index contributed by atoms with van der Waals surface area (Å²) in [4.78, 5) is 28.9. The van der Waals surface area contributed by atoms with E-state index >= 15 is 0 Å². The molecule has 0 saturated carbocycles. The van der Waals surface area contributed by atoms with Crippen molar-refractivity contribution in [3.63, 3.8) is 0 Å². The molecular formula is C22H24FN3O2. The summed E-state index contributed by atoms with van der Waals surface area (Å²) >= 11 is 0. The Morgan fingerprint density at radius 3 is 2.54 bits per heavy atom. The lowest BCUT2D eigenvalue weighted by Gasteiger charge is -2.44. The van der Waals surface area contributed by atoms with Crippen molar-refractivity contribution in [2.45, 2.75) is 25.6 Å². The molecule has 2 saturated heterocycles. The van der Waals surface area contributed by atoms with Crippen LogP contribution in [0, 0.1) is 11.7 Å². The standard InChI is InChI=1S/C22H24FN3O2/c23-19-8-4-7-17(9-19)12-25-14-20(15-25)26-13-18(10-21(26)27)22(28)24-11-16-5-2-1-3-6-16/h1-9,18,20H,10-15H2,(H,24,28). The Kier molecular flexibility index (Phi) is 5.39. The number of amides is 2. The van der Waals surface area contributed by atoms with E-state index in [2.05, 4.69) is 10.2 Å². The predicted octanol–water partition coefficient (Wildman–Crippen LogP) is 2.17. The summed E-state index contributed by atoms with van der Waals surface area (Å²) in [5.41, 5.74) is 1.98. The van der Waals surface area contributed by atoms with Crippen LogP contribution in [0.3, 0.4) is 0 Å². The number of likely N-dealkylation sites (tertiary alicyclic amines) is 2. The number of benzene rings is 2. The molecule has 0 spiro atoms. The van der Waals surface area contributed by atoms with Gasteiger partial charge >= 0.3 is 0 Å². The van der Waals surface area contributed by atoms with Crippen LogP contribution < -0.4 is 5.32 Å². The summed E-state index contributed by atoms with van der Waals surface area (Å²) < 4.78 is 13.3. The maximum atomic E-state index is 13.3. The van der Waals surface area contributed by atoms with Gasteiger partial charge in [0.15, 0.2) is 0 Å². The van der Waals surface area contributed by atoms with Crippen molar-refractivity contribution in [3.05, 3.63) is 71.5 Å². The van der Waals surface area contributed by atoms with Gasteiger partial charge < -0.3 is 10.2 Å². The van der Waals surface area contributed by atoms with Crippen molar-refractivity contribution in [1.29, 1.82) is 0 Å². The van der Waals surface area contributed by atoms with Gasteiger partial charge in [0.05, 0.1) is 12.0 Å². The Hall–Kier alpha value is -2.73. The van der Waals surface area contributed by atoms with Crippen molar-refractivity contribution in [3.8, 4) is 0 Å². The first-order chi connectivity index (χ1) is 13.6. The molecule has 2 fully saturated rings. The zero-order valence-corrected chi connectivity index (χ0v) is 15.7. The van der Waals surface area contributed by atoms with Crippen LogP contribution in [0.15, 0.2) is 54.6 Å². The Morgan fingerprint density at radius 2 is 1.79 bits per heavy atom. The van der Waals surface area contributed by atoms with Crippen LogP contribution in [-0.4, -0.2) is 47.3 Å². The van der Waals surface area contributed by atoms with E-state index in [9.17, 15) is 14.0 Å². The van der Waals surface area contributed by atoms with E-state index in [0.29, 0.717) is 19.6 Å². The minimum atomic E-state index is -0.284. The molecule has 4 rings (SSSR count). The molecule has 0 radical (unpaired) electrons. The van der Waals surface area contributed by atoms with Crippen molar-refractivity contribution >= 4 is 11.8 Å². The van der Waals surface area contributed by atoms with Gasteiger partial charge in [-0.25, -0.2) is 4.39 Å². The van der Waals surface area contributed by atoms with Crippen molar-refractivity contribution in [2.75, 3.05) is 19.6 Å². The first-order valence-electron chi connectivity index (χ1n) is 9.66. The topological polar surface area (TPSA) is 52.7 Å². The second kappa shape index (κ2) is 8.10. The van der Waals surface area contributed by atoms with Crippen molar-refractivity contribution in [1.82, 2.24) is 15.1 Å². The van der Waals surface area contributed by atoms with Crippen LogP contribution >= 0.6 is 0 Å². The first-order valence-corrected chi connectivity index (χ1v) is 9.66. The summed E-state index contributed by atoms with van der Waals surface area (Å²) in [6.07, 6.45) is 0.279. The highest BCUT2D eigenvalue weighted by molar-refractivity contribution is 5.89. The molecule has 2 aromatic rings. The van der Waals surface area contributed by atoms with Gasteiger partial charge in [-0.3, -0.25) is 14.5 Å². The molecule has 6 heteroatoms. The Labute approximate surface area is 164 Å². The number of hydrogen-bond donors (Lipinski definition) is 1. The minimum absolute atomic E-state index is 0.0512. The smallest absolute Gasteiger partial charge is 0.225 e. The maximum absolute atomic E-state index is 13.3. The van der Waals surface area contributed by atoms with E-state index < -0.39 is 0 Å². The zero-order valence-electron chi connectivity index (χ0n) is 15.7. The highest BCUT2D eigenvalue weighted by Crippen LogP contribution is 2.26. The van der Waals surface area contributed by atoms with Gasteiger partial charge in [0.1, 0.15) is 5.82 Å². The molecule has 2 aliphatic rings. The van der Waals surface area contributed by atoms with Gasteiger partial charge in [0.25, 0.3) is 0 Å². The van der Waals surface area contributed by atoms with Crippen molar-refractivity contribution in [2.24, 2.45) is 5.92 Å². The summed E-state index contributed by atoms with van der Waals surface area (Å²) in [6.45, 7) is 3.17. The third-order valence-electron chi connectivity index (χ3n) is 5.51. The number of rotatable bonds is 6. The molecule has 1 atom stereocenters. The zero-order chi connectivity index (χ0) is 19.5. The molecule has 1 N–H and O–H groups in total. The number of nitrogens with zero attached hydrogens (tertiary/aromatic N) is 2.